The standard InChI is InChI=1S/C22H22F2N2O4S2/c1-3-29-21(28)18-12(2)17-19(32-18)25-22(26(20(17)27)10-15-5-4-8-30-15)31-11-13-9-14(23)6-7-16(13)24/h6-7,9,15H,3-5,8,10-11H2,1-2H3. The first kappa shape index (κ1) is 22.9. The second-order valence-corrected chi connectivity index (χ2v) is 9.37. The summed E-state index contributed by atoms with van der Waals surface area (Å²) in [6.07, 6.45) is 1.61. The molecule has 0 amide bonds. The van der Waals surface area contributed by atoms with Crippen LogP contribution in [0.4, 0.5) is 8.78 Å². The number of hydrogen-bond acceptors (Lipinski definition) is 7. The molecule has 1 aliphatic rings. The Labute approximate surface area is 191 Å². The Morgan fingerprint density at radius 2 is 2.22 bits per heavy atom. The van der Waals surface area contributed by atoms with Crippen molar-refractivity contribution in [3.63, 3.8) is 0 Å². The highest BCUT2D eigenvalue weighted by Gasteiger charge is 2.25. The van der Waals surface area contributed by atoms with E-state index in [-0.39, 0.29) is 29.6 Å². The van der Waals surface area contributed by atoms with Gasteiger partial charge in [0.25, 0.3) is 5.56 Å². The molecule has 10 heteroatoms. The number of aryl methyl sites for hydroxylation is 1. The molecule has 2 aromatic heterocycles. The van der Waals surface area contributed by atoms with Crippen LogP contribution in [0.2, 0.25) is 0 Å². The highest BCUT2D eigenvalue weighted by Crippen LogP contribution is 2.31. The fraction of sp³-hybridized carbons (Fsp3) is 0.409. The van der Waals surface area contributed by atoms with Crippen LogP contribution in [0.5, 0.6) is 0 Å². The van der Waals surface area contributed by atoms with E-state index in [1.54, 1.807) is 13.8 Å². The fourth-order valence-electron chi connectivity index (χ4n) is 3.65. The van der Waals surface area contributed by atoms with Crippen molar-refractivity contribution in [3.8, 4) is 0 Å². The summed E-state index contributed by atoms with van der Waals surface area (Å²) >= 11 is 2.25. The molecule has 170 valence electrons. The van der Waals surface area contributed by atoms with E-state index in [0.29, 0.717) is 39.0 Å². The summed E-state index contributed by atoms with van der Waals surface area (Å²) in [4.78, 5) is 31.2. The van der Waals surface area contributed by atoms with E-state index >= 15 is 0 Å². The summed E-state index contributed by atoms with van der Waals surface area (Å²) in [7, 11) is 0. The maximum absolute atomic E-state index is 14.1. The van der Waals surface area contributed by atoms with E-state index < -0.39 is 17.6 Å². The number of carbonyl (C=O) groups excluding carboxylic acids is 1. The van der Waals surface area contributed by atoms with Gasteiger partial charge in [0.05, 0.1) is 24.6 Å². The molecule has 3 heterocycles. The van der Waals surface area contributed by atoms with Gasteiger partial charge in [-0.1, -0.05) is 11.8 Å². The van der Waals surface area contributed by atoms with Crippen LogP contribution >= 0.6 is 23.1 Å². The number of rotatable bonds is 7. The predicted molar refractivity (Wildman–Crippen MR) is 119 cm³/mol. The maximum atomic E-state index is 14.1. The van der Waals surface area contributed by atoms with Gasteiger partial charge < -0.3 is 9.47 Å². The number of ether oxygens (including phenoxy) is 2. The molecule has 4 rings (SSSR count). The molecule has 1 aliphatic heterocycles. The van der Waals surface area contributed by atoms with Gasteiger partial charge in [-0.15, -0.1) is 11.3 Å². The highest BCUT2D eigenvalue weighted by atomic mass is 32.2. The maximum Gasteiger partial charge on any atom is 0.348 e. The van der Waals surface area contributed by atoms with Gasteiger partial charge in [0, 0.05) is 17.9 Å². The number of nitrogens with zero attached hydrogens (tertiary/aromatic N) is 2. The largest absolute Gasteiger partial charge is 0.462 e. The van der Waals surface area contributed by atoms with Gasteiger partial charge in [-0.3, -0.25) is 9.36 Å². The molecule has 0 N–H and O–H groups in total. The lowest BCUT2D eigenvalue weighted by atomic mass is 10.2. The van der Waals surface area contributed by atoms with E-state index in [2.05, 4.69) is 4.98 Å². The molecular formula is C22H22F2N2O4S2. The van der Waals surface area contributed by atoms with Crippen molar-refractivity contribution >= 4 is 39.3 Å². The van der Waals surface area contributed by atoms with Gasteiger partial charge in [0.1, 0.15) is 21.3 Å². The molecule has 1 saturated heterocycles. The SMILES string of the molecule is CCOC(=O)c1sc2nc(SCc3cc(F)ccc3F)n(CC3CCCO3)c(=O)c2c1C. The zero-order valence-corrected chi connectivity index (χ0v) is 19.3. The lowest BCUT2D eigenvalue weighted by molar-refractivity contribution is 0.0531. The Kier molecular flexibility index (Phi) is 6.92. The molecule has 32 heavy (non-hydrogen) atoms. The molecular weight excluding hydrogens is 458 g/mol. The van der Waals surface area contributed by atoms with Gasteiger partial charge >= 0.3 is 5.97 Å². The third kappa shape index (κ3) is 4.57. The van der Waals surface area contributed by atoms with Crippen molar-refractivity contribution in [2.45, 2.75) is 50.2 Å². The third-order valence-corrected chi connectivity index (χ3v) is 7.44. The molecule has 1 aromatic carbocycles. The van der Waals surface area contributed by atoms with Crippen molar-refractivity contribution in [1.29, 1.82) is 0 Å². The summed E-state index contributed by atoms with van der Waals surface area (Å²) < 4.78 is 40.0. The minimum absolute atomic E-state index is 0.0994. The van der Waals surface area contributed by atoms with Crippen LogP contribution in [-0.4, -0.2) is 34.8 Å². The second kappa shape index (κ2) is 9.68. The summed E-state index contributed by atoms with van der Waals surface area (Å²) in [5.41, 5.74) is 0.439. The molecule has 1 atom stereocenters. The Hall–Kier alpha value is -2.30. The van der Waals surface area contributed by atoms with Gasteiger partial charge in [-0.05, 0) is 50.5 Å². The minimum Gasteiger partial charge on any atom is -0.462 e. The third-order valence-electron chi connectivity index (χ3n) is 5.25. The van der Waals surface area contributed by atoms with Crippen LogP contribution in [-0.2, 0) is 21.8 Å². The zero-order valence-electron chi connectivity index (χ0n) is 17.7. The minimum atomic E-state index is -0.532. The zero-order chi connectivity index (χ0) is 22.8. The summed E-state index contributed by atoms with van der Waals surface area (Å²) in [5, 5.41) is 0.746. The fourth-order valence-corrected chi connectivity index (χ4v) is 5.75. The topological polar surface area (TPSA) is 70.4 Å². The van der Waals surface area contributed by atoms with E-state index in [1.807, 2.05) is 0 Å². The monoisotopic (exact) mass is 480 g/mol. The number of halogens is 2. The molecule has 0 aliphatic carbocycles. The number of thioether (sulfide) groups is 1. The highest BCUT2D eigenvalue weighted by molar-refractivity contribution is 7.98. The summed E-state index contributed by atoms with van der Waals surface area (Å²) in [6, 6.07) is 3.28. The lowest BCUT2D eigenvalue weighted by Crippen LogP contribution is -2.28. The van der Waals surface area contributed by atoms with Gasteiger partial charge in [0.2, 0.25) is 0 Å². The number of hydrogen-bond donors (Lipinski definition) is 0. The molecule has 1 unspecified atom stereocenters. The van der Waals surface area contributed by atoms with Crippen LogP contribution in [0.1, 0.15) is 40.6 Å². The first-order valence-corrected chi connectivity index (χ1v) is 12.1. The Balaban J connectivity index is 1.77. The number of esters is 1. The average molecular weight is 481 g/mol. The van der Waals surface area contributed by atoms with Gasteiger partial charge in [0.15, 0.2) is 5.16 Å². The quantitative estimate of drug-likeness (QED) is 0.278. The Bertz CT molecular complexity index is 1220. The first-order valence-electron chi connectivity index (χ1n) is 10.3. The van der Waals surface area contributed by atoms with E-state index in [4.69, 9.17) is 9.47 Å². The van der Waals surface area contributed by atoms with Crippen molar-refractivity contribution in [3.05, 3.63) is 56.2 Å². The van der Waals surface area contributed by atoms with Crippen molar-refractivity contribution in [2.24, 2.45) is 0 Å². The molecule has 3 aromatic rings. The van der Waals surface area contributed by atoms with Crippen molar-refractivity contribution in [2.75, 3.05) is 13.2 Å². The van der Waals surface area contributed by atoms with Crippen LogP contribution in [0.3, 0.4) is 0 Å². The Morgan fingerprint density at radius 1 is 1.41 bits per heavy atom. The molecule has 1 fully saturated rings. The number of aromatic nitrogens is 2. The smallest absolute Gasteiger partial charge is 0.348 e. The normalized spacial score (nSPS) is 16.1. The van der Waals surface area contributed by atoms with E-state index in [1.165, 1.54) is 4.57 Å². The summed E-state index contributed by atoms with van der Waals surface area (Å²) in [6.45, 7) is 4.59. The second-order valence-electron chi connectivity index (χ2n) is 7.43. The van der Waals surface area contributed by atoms with Crippen LogP contribution in [0, 0.1) is 18.6 Å². The lowest BCUT2D eigenvalue weighted by Gasteiger charge is -2.16. The number of carbonyl (C=O) groups is 1. The average Bonchev–Trinajstić information content (AvgIpc) is 3.39. The predicted octanol–water partition coefficient (Wildman–Crippen LogP) is 4.69. The molecule has 0 saturated carbocycles. The van der Waals surface area contributed by atoms with Crippen LogP contribution in [0.25, 0.3) is 10.2 Å². The van der Waals surface area contributed by atoms with Crippen molar-refractivity contribution < 1.29 is 23.0 Å². The Morgan fingerprint density at radius 3 is 2.94 bits per heavy atom. The number of benzene rings is 1. The van der Waals surface area contributed by atoms with Crippen molar-refractivity contribution in [1.82, 2.24) is 9.55 Å². The van der Waals surface area contributed by atoms with Crippen LogP contribution in [0.15, 0.2) is 28.2 Å². The molecule has 0 radical (unpaired) electrons. The van der Waals surface area contributed by atoms with E-state index in [0.717, 1.165) is 54.1 Å². The van der Waals surface area contributed by atoms with Gasteiger partial charge in [-0.25, -0.2) is 18.6 Å². The number of thiophene rings is 1. The van der Waals surface area contributed by atoms with E-state index in [9.17, 15) is 18.4 Å². The number of fused-ring (bicyclic) bond motifs is 1. The molecule has 0 spiro atoms. The molecule has 6 nitrogen and oxygen atoms in total. The first-order chi connectivity index (χ1) is 15.4. The van der Waals surface area contributed by atoms with Crippen LogP contribution < -0.4 is 5.56 Å². The molecule has 0 bridgehead atoms. The van der Waals surface area contributed by atoms with Gasteiger partial charge in [-0.2, -0.15) is 0 Å². The summed E-state index contributed by atoms with van der Waals surface area (Å²) in [5.74, 6) is -1.45.